The summed E-state index contributed by atoms with van der Waals surface area (Å²) in [5.74, 6) is -2.11. The minimum absolute atomic E-state index is 0.207. The Hall–Kier alpha value is -3.27. The highest BCUT2D eigenvalue weighted by molar-refractivity contribution is 5.86. The fourth-order valence-electron chi connectivity index (χ4n) is 7.10. The number of hydrogen-bond donors (Lipinski definition) is 2. The molecule has 9 heteroatoms. The zero-order valence-electron chi connectivity index (χ0n) is 22.2. The van der Waals surface area contributed by atoms with E-state index in [9.17, 15) is 14.4 Å². The molecule has 2 aromatic carbocycles. The highest BCUT2D eigenvalue weighted by atomic mass is 16.7. The van der Waals surface area contributed by atoms with Crippen LogP contribution in [0.15, 0.2) is 60.7 Å². The number of amides is 1. The molecular formula is C30H38N3O6+. The second-order valence-electron chi connectivity index (χ2n) is 11.1. The maximum Gasteiger partial charge on any atom is 0.348 e. The van der Waals surface area contributed by atoms with E-state index in [1.54, 1.807) is 24.3 Å². The molecule has 0 saturated carbocycles. The van der Waals surface area contributed by atoms with Crippen molar-refractivity contribution in [3.8, 4) is 0 Å². The van der Waals surface area contributed by atoms with E-state index in [0.29, 0.717) is 23.2 Å². The quantitative estimate of drug-likeness (QED) is 0.271. The Morgan fingerprint density at radius 1 is 0.897 bits per heavy atom. The van der Waals surface area contributed by atoms with Gasteiger partial charge in [0.2, 0.25) is 11.5 Å². The van der Waals surface area contributed by atoms with Crippen molar-refractivity contribution in [1.29, 1.82) is 0 Å². The lowest BCUT2D eigenvalue weighted by molar-refractivity contribution is -0.956. The van der Waals surface area contributed by atoms with Crippen LogP contribution in [0.3, 0.4) is 0 Å². The fourth-order valence-corrected chi connectivity index (χ4v) is 7.10. The molecule has 3 saturated heterocycles. The molecule has 0 radical (unpaired) electrons. The molecule has 2 bridgehead atoms. The maximum absolute atomic E-state index is 14.3. The van der Waals surface area contributed by atoms with Gasteiger partial charge in [-0.1, -0.05) is 60.7 Å². The van der Waals surface area contributed by atoms with Crippen LogP contribution in [-0.2, 0) is 34.2 Å². The number of nitrogens with zero attached hydrogens (tertiary/aromatic N) is 1. The lowest BCUT2D eigenvalue weighted by atomic mass is 9.85. The number of esters is 2. The van der Waals surface area contributed by atoms with Gasteiger partial charge >= 0.3 is 11.9 Å². The smallest absolute Gasteiger partial charge is 0.348 e. The molecule has 39 heavy (non-hydrogen) atoms. The van der Waals surface area contributed by atoms with Crippen LogP contribution in [0.25, 0.3) is 0 Å². The first-order valence-electron chi connectivity index (χ1n) is 13.9. The molecule has 3 heterocycles. The lowest BCUT2D eigenvalue weighted by Gasteiger charge is -2.47. The van der Waals surface area contributed by atoms with Crippen molar-refractivity contribution in [2.45, 2.75) is 74.8 Å². The normalized spacial score (nSPS) is 24.3. The van der Waals surface area contributed by atoms with Gasteiger partial charge in [-0.3, -0.25) is 9.59 Å². The Labute approximate surface area is 229 Å². The summed E-state index contributed by atoms with van der Waals surface area (Å²) in [6.45, 7) is 1.90. The van der Waals surface area contributed by atoms with Gasteiger partial charge in [0.05, 0.1) is 31.6 Å². The van der Waals surface area contributed by atoms with Gasteiger partial charge in [0.25, 0.3) is 0 Å². The number of primary amides is 1. The molecular weight excluding hydrogens is 498 g/mol. The Kier molecular flexibility index (Phi) is 8.02. The van der Waals surface area contributed by atoms with E-state index >= 15 is 0 Å². The zero-order valence-corrected chi connectivity index (χ0v) is 22.2. The summed E-state index contributed by atoms with van der Waals surface area (Å²) in [4.78, 5) is 37.8. The average Bonchev–Trinajstić information content (AvgIpc) is 3.48. The highest BCUT2D eigenvalue weighted by Gasteiger charge is 2.57. The van der Waals surface area contributed by atoms with Crippen LogP contribution < -0.4 is 11.5 Å². The van der Waals surface area contributed by atoms with Crippen LogP contribution in [0.4, 0.5) is 0 Å². The minimum Gasteiger partial charge on any atom is -0.459 e. The third-order valence-corrected chi connectivity index (χ3v) is 8.88. The average molecular weight is 537 g/mol. The van der Waals surface area contributed by atoms with Gasteiger partial charge in [0, 0.05) is 38.5 Å². The number of rotatable bonds is 10. The first kappa shape index (κ1) is 27.3. The van der Waals surface area contributed by atoms with Crippen LogP contribution in [0.2, 0.25) is 0 Å². The van der Waals surface area contributed by atoms with Gasteiger partial charge in [0.15, 0.2) is 6.79 Å². The molecule has 3 aliphatic heterocycles. The monoisotopic (exact) mass is 536 g/mol. The van der Waals surface area contributed by atoms with E-state index in [-0.39, 0.29) is 12.5 Å². The predicted molar refractivity (Wildman–Crippen MR) is 143 cm³/mol. The molecule has 0 aliphatic carbocycles. The molecule has 1 amide bonds. The van der Waals surface area contributed by atoms with Gasteiger partial charge in [-0.25, -0.2) is 4.79 Å². The van der Waals surface area contributed by atoms with Crippen molar-refractivity contribution in [3.63, 3.8) is 0 Å². The van der Waals surface area contributed by atoms with Gasteiger partial charge in [-0.15, -0.1) is 0 Å². The Balaban J connectivity index is 1.40. The molecule has 5 rings (SSSR count). The molecule has 1 spiro atoms. The van der Waals surface area contributed by atoms with Gasteiger partial charge in [-0.05, 0) is 11.1 Å². The second kappa shape index (κ2) is 11.5. The standard InChI is InChI=1S/C30H37N3O6/c31-26(19-27(32)34)28(35)37-20-38-30(21-9-3-1-4-10-21,22-11-5-2-6-12-22)29(36)39-25-17-23-13-14-24(18-25)33(23)15-7-8-16-33/h1-6,9-12,23-26H,7-8,13-20,31H2,(H-,32,34)/p+1/t23?,24?,25?,26-/m0/s1. The van der Waals surface area contributed by atoms with E-state index in [0.717, 1.165) is 12.8 Å². The van der Waals surface area contributed by atoms with E-state index in [4.69, 9.17) is 25.7 Å². The maximum atomic E-state index is 14.3. The van der Waals surface area contributed by atoms with E-state index < -0.39 is 36.3 Å². The van der Waals surface area contributed by atoms with Crippen LogP contribution >= 0.6 is 0 Å². The van der Waals surface area contributed by atoms with E-state index in [2.05, 4.69) is 0 Å². The molecule has 9 nitrogen and oxygen atoms in total. The van der Waals surface area contributed by atoms with Crippen LogP contribution in [0, 0.1) is 0 Å². The minimum atomic E-state index is -1.67. The van der Waals surface area contributed by atoms with E-state index in [1.165, 1.54) is 43.3 Å². The van der Waals surface area contributed by atoms with Crippen molar-refractivity contribution in [3.05, 3.63) is 71.8 Å². The molecule has 208 valence electrons. The summed E-state index contributed by atoms with van der Waals surface area (Å²) < 4.78 is 19.0. The van der Waals surface area contributed by atoms with Crippen LogP contribution in [0.1, 0.15) is 56.1 Å². The Morgan fingerprint density at radius 3 is 1.95 bits per heavy atom. The predicted octanol–water partition coefficient (Wildman–Crippen LogP) is 2.50. The van der Waals surface area contributed by atoms with Crippen LogP contribution in [0.5, 0.6) is 0 Å². The SMILES string of the molecule is NC(=O)C[C@H](N)C(=O)OCOC(C(=O)OC1CC2CCC(C1)[N+]21CCCC1)(c1ccccc1)c1ccccc1. The summed E-state index contributed by atoms with van der Waals surface area (Å²) in [6.07, 6.45) is 6.04. The summed E-state index contributed by atoms with van der Waals surface area (Å²) in [5, 5.41) is 0. The first-order valence-corrected chi connectivity index (χ1v) is 13.9. The number of carbonyl (C=O) groups is 3. The van der Waals surface area contributed by atoms with Gasteiger partial charge in [0.1, 0.15) is 12.1 Å². The van der Waals surface area contributed by atoms with Crippen molar-refractivity contribution >= 4 is 17.8 Å². The first-order chi connectivity index (χ1) is 18.8. The molecule has 3 fully saturated rings. The lowest BCUT2D eigenvalue weighted by Crippen LogP contribution is -2.60. The number of carbonyl (C=O) groups excluding carboxylic acids is 3. The zero-order chi connectivity index (χ0) is 27.5. The molecule has 0 aromatic heterocycles. The summed E-state index contributed by atoms with van der Waals surface area (Å²) in [5.41, 5.74) is 10.3. The third kappa shape index (κ3) is 5.31. The highest BCUT2D eigenvalue weighted by Crippen LogP contribution is 2.47. The number of piperidine rings is 1. The molecule has 3 atom stereocenters. The Bertz CT molecular complexity index is 1110. The fraction of sp³-hybridized carbons (Fsp3) is 0.500. The number of ether oxygens (including phenoxy) is 3. The van der Waals surface area contributed by atoms with Gasteiger partial charge in [-0.2, -0.15) is 0 Å². The van der Waals surface area contributed by atoms with Crippen molar-refractivity contribution in [1.82, 2.24) is 0 Å². The third-order valence-electron chi connectivity index (χ3n) is 8.88. The summed E-state index contributed by atoms with van der Waals surface area (Å²) in [6, 6.07) is 18.0. The summed E-state index contributed by atoms with van der Waals surface area (Å²) in [7, 11) is 0. The van der Waals surface area contributed by atoms with Gasteiger partial charge < -0.3 is 30.2 Å². The van der Waals surface area contributed by atoms with E-state index in [1.807, 2.05) is 36.4 Å². The topological polar surface area (TPSA) is 131 Å². The number of benzene rings is 2. The van der Waals surface area contributed by atoms with Crippen molar-refractivity contribution in [2.24, 2.45) is 11.5 Å². The van der Waals surface area contributed by atoms with Crippen LogP contribution in [-0.4, -0.2) is 66.4 Å². The number of nitrogens with two attached hydrogens (primary N) is 2. The number of hydrogen-bond acceptors (Lipinski definition) is 7. The molecule has 2 unspecified atom stereocenters. The second-order valence-corrected chi connectivity index (χ2v) is 11.1. The molecule has 3 aliphatic rings. The molecule has 2 aromatic rings. The van der Waals surface area contributed by atoms with Crippen molar-refractivity contribution in [2.75, 3.05) is 19.9 Å². The largest absolute Gasteiger partial charge is 0.459 e. The number of quaternary nitrogens is 1. The van der Waals surface area contributed by atoms with Crippen molar-refractivity contribution < 1.29 is 33.1 Å². The molecule has 4 N–H and O–H groups in total. The summed E-state index contributed by atoms with van der Waals surface area (Å²) >= 11 is 0. The Morgan fingerprint density at radius 2 is 1.44 bits per heavy atom.